The van der Waals surface area contributed by atoms with Crippen molar-refractivity contribution in [2.24, 2.45) is 5.92 Å². The molecule has 0 saturated carbocycles. The maximum absolute atomic E-state index is 4.67. The molecule has 3 heterocycles. The largest absolute Gasteiger partial charge is 0.298 e. The van der Waals surface area contributed by atoms with Crippen LogP contribution in [-0.2, 0) is 6.54 Å². The SMILES string of the molecule is Cc1nc(CN2CC3CCCCN3CC2C(C)C)cs1. The second-order valence-electron chi connectivity index (χ2n) is 6.74. The van der Waals surface area contributed by atoms with Gasteiger partial charge in [-0.1, -0.05) is 20.3 Å². The van der Waals surface area contributed by atoms with Gasteiger partial charge in [0.2, 0.25) is 0 Å². The van der Waals surface area contributed by atoms with Crippen molar-refractivity contribution >= 4 is 11.3 Å². The first kappa shape index (κ1) is 14.5. The Morgan fingerprint density at radius 1 is 1.35 bits per heavy atom. The fraction of sp³-hybridized carbons (Fsp3) is 0.812. The summed E-state index contributed by atoms with van der Waals surface area (Å²) in [4.78, 5) is 10.1. The van der Waals surface area contributed by atoms with Crippen LogP contribution >= 0.6 is 11.3 Å². The molecule has 3 rings (SSSR count). The molecule has 2 fully saturated rings. The van der Waals surface area contributed by atoms with E-state index < -0.39 is 0 Å². The van der Waals surface area contributed by atoms with Gasteiger partial charge < -0.3 is 0 Å². The number of hydrogen-bond donors (Lipinski definition) is 0. The Morgan fingerprint density at radius 3 is 2.90 bits per heavy atom. The number of hydrogen-bond acceptors (Lipinski definition) is 4. The molecule has 0 amide bonds. The Morgan fingerprint density at radius 2 is 2.20 bits per heavy atom. The highest BCUT2D eigenvalue weighted by Crippen LogP contribution is 2.28. The third kappa shape index (κ3) is 3.07. The molecule has 0 aliphatic carbocycles. The molecule has 2 unspecified atom stereocenters. The van der Waals surface area contributed by atoms with E-state index in [4.69, 9.17) is 0 Å². The lowest BCUT2D eigenvalue weighted by atomic mass is 9.92. The summed E-state index contributed by atoms with van der Waals surface area (Å²) in [6.45, 7) is 11.7. The van der Waals surface area contributed by atoms with E-state index in [1.165, 1.54) is 49.6 Å². The number of aromatic nitrogens is 1. The van der Waals surface area contributed by atoms with Gasteiger partial charge in [-0.2, -0.15) is 0 Å². The fourth-order valence-electron chi connectivity index (χ4n) is 3.77. The number of piperidine rings is 1. The van der Waals surface area contributed by atoms with Crippen LogP contribution in [0, 0.1) is 12.8 Å². The van der Waals surface area contributed by atoms with Gasteiger partial charge in [0.1, 0.15) is 0 Å². The molecule has 0 N–H and O–H groups in total. The summed E-state index contributed by atoms with van der Waals surface area (Å²) in [5, 5.41) is 3.43. The van der Waals surface area contributed by atoms with E-state index in [0.717, 1.165) is 18.5 Å². The lowest BCUT2D eigenvalue weighted by Gasteiger charge is -2.49. The van der Waals surface area contributed by atoms with Crippen LogP contribution < -0.4 is 0 Å². The van der Waals surface area contributed by atoms with Crippen molar-refractivity contribution in [2.75, 3.05) is 19.6 Å². The van der Waals surface area contributed by atoms with Gasteiger partial charge in [-0.25, -0.2) is 4.98 Å². The van der Waals surface area contributed by atoms with E-state index >= 15 is 0 Å². The van der Waals surface area contributed by atoms with Crippen molar-refractivity contribution in [3.63, 3.8) is 0 Å². The maximum Gasteiger partial charge on any atom is 0.0897 e. The van der Waals surface area contributed by atoms with Crippen LogP contribution in [0.5, 0.6) is 0 Å². The lowest BCUT2D eigenvalue weighted by Crippen LogP contribution is -2.60. The van der Waals surface area contributed by atoms with E-state index in [2.05, 4.69) is 40.9 Å². The van der Waals surface area contributed by atoms with Crippen LogP contribution in [0.3, 0.4) is 0 Å². The number of thiazole rings is 1. The first-order valence-electron chi connectivity index (χ1n) is 8.02. The van der Waals surface area contributed by atoms with Gasteiger partial charge in [0.15, 0.2) is 0 Å². The normalized spacial score (nSPS) is 28.8. The van der Waals surface area contributed by atoms with Gasteiger partial charge in [0.05, 0.1) is 10.7 Å². The summed E-state index contributed by atoms with van der Waals surface area (Å²) in [5.74, 6) is 0.720. The van der Waals surface area contributed by atoms with Gasteiger partial charge >= 0.3 is 0 Å². The highest BCUT2D eigenvalue weighted by molar-refractivity contribution is 7.09. The van der Waals surface area contributed by atoms with Crippen molar-refractivity contribution < 1.29 is 0 Å². The number of rotatable bonds is 3. The van der Waals surface area contributed by atoms with E-state index in [1.807, 2.05) is 0 Å². The van der Waals surface area contributed by atoms with Crippen LogP contribution in [0.15, 0.2) is 5.38 Å². The summed E-state index contributed by atoms with van der Waals surface area (Å²) in [7, 11) is 0. The van der Waals surface area contributed by atoms with Crippen molar-refractivity contribution in [3.05, 3.63) is 16.1 Å². The van der Waals surface area contributed by atoms with Crippen molar-refractivity contribution in [3.8, 4) is 0 Å². The Bertz CT molecular complexity index is 443. The average Bonchev–Trinajstić information content (AvgIpc) is 2.83. The zero-order valence-corrected chi connectivity index (χ0v) is 13.8. The Hall–Kier alpha value is -0.450. The average molecular weight is 293 g/mol. The van der Waals surface area contributed by atoms with Crippen molar-refractivity contribution in [1.29, 1.82) is 0 Å². The van der Waals surface area contributed by atoms with E-state index in [9.17, 15) is 0 Å². The topological polar surface area (TPSA) is 19.4 Å². The molecule has 0 bridgehead atoms. The molecule has 20 heavy (non-hydrogen) atoms. The third-order valence-corrected chi connectivity index (χ3v) is 5.71. The second kappa shape index (κ2) is 6.12. The molecular formula is C16H27N3S. The summed E-state index contributed by atoms with van der Waals surface area (Å²) >= 11 is 1.78. The van der Waals surface area contributed by atoms with Gasteiger partial charge in [-0.15, -0.1) is 11.3 Å². The number of fused-ring (bicyclic) bond motifs is 1. The zero-order chi connectivity index (χ0) is 14.1. The molecule has 0 radical (unpaired) electrons. The van der Waals surface area contributed by atoms with E-state index in [-0.39, 0.29) is 0 Å². The maximum atomic E-state index is 4.67. The van der Waals surface area contributed by atoms with Crippen LogP contribution in [0.4, 0.5) is 0 Å². The molecule has 1 aromatic heterocycles. The minimum atomic E-state index is 0.686. The Balaban J connectivity index is 1.72. The molecule has 2 saturated heterocycles. The minimum Gasteiger partial charge on any atom is -0.298 e. The van der Waals surface area contributed by atoms with Crippen LogP contribution in [0.1, 0.15) is 43.8 Å². The molecule has 2 aliphatic rings. The number of piperazine rings is 1. The first-order valence-corrected chi connectivity index (χ1v) is 8.90. The van der Waals surface area contributed by atoms with Gasteiger partial charge in [-0.05, 0) is 32.2 Å². The monoisotopic (exact) mass is 293 g/mol. The molecule has 0 aromatic carbocycles. The number of aryl methyl sites for hydroxylation is 1. The summed E-state index contributed by atoms with van der Waals surface area (Å²) in [6, 6.07) is 1.48. The zero-order valence-electron chi connectivity index (χ0n) is 13.0. The quantitative estimate of drug-likeness (QED) is 0.853. The molecule has 1 aromatic rings. The summed E-state index contributed by atoms with van der Waals surface area (Å²) < 4.78 is 0. The minimum absolute atomic E-state index is 0.686. The molecule has 2 aliphatic heterocycles. The standard InChI is InChI=1S/C16H27N3S/c1-12(2)16-10-18-7-5-4-6-15(18)9-19(16)8-14-11-20-13(3)17-14/h11-12,15-16H,4-10H2,1-3H3. The third-order valence-electron chi connectivity index (χ3n) is 4.89. The highest BCUT2D eigenvalue weighted by Gasteiger charge is 2.36. The smallest absolute Gasteiger partial charge is 0.0897 e. The van der Waals surface area contributed by atoms with Gasteiger partial charge in [0.25, 0.3) is 0 Å². The van der Waals surface area contributed by atoms with Crippen molar-refractivity contribution in [1.82, 2.24) is 14.8 Å². The fourth-order valence-corrected chi connectivity index (χ4v) is 4.38. The Labute approximate surface area is 127 Å². The van der Waals surface area contributed by atoms with Crippen molar-refractivity contribution in [2.45, 2.75) is 58.7 Å². The van der Waals surface area contributed by atoms with E-state index in [1.54, 1.807) is 11.3 Å². The molecular weight excluding hydrogens is 266 g/mol. The van der Waals surface area contributed by atoms with Crippen LogP contribution in [0.25, 0.3) is 0 Å². The summed E-state index contributed by atoms with van der Waals surface area (Å²) in [6.07, 6.45) is 4.20. The van der Waals surface area contributed by atoms with E-state index in [0.29, 0.717) is 6.04 Å². The predicted octanol–water partition coefficient (Wildman–Crippen LogP) is 3.15. The highest BCUT2D eigenvalue weighted by atomic mass is 32.1. The molecule has 4 heteroatoms. The summed E-state index contributed by atoms with van der Waals surface area (Å²) in [5.41, 5.74) is 1.27. The second-order valence-corrected chi connectivity index (χ2v) is 7.81. The molecule has 3 nitrogen and oxygen atoms in total. The first-order chi connectivity index (χ1) is 9.63. The Kier molecular flexibility index (Phi) is 4.43. The van der Waals surface area contributed by atoms with Gasteiger partial charge in [0, 0.05) is 37.1 Å². The molecule has 112 valence electrons. The number of nitrogens with zero attached hydrogens (tertiary/aromatic N) is 3. The predicted molar refractivity (Wildman–Crippen MR) is 85.1 cm³/mol. The van der Waals surface area contributed by atoms with Gasteiger partial charge in [-0.3, -0.25) is 9.80 Å². The molecule has 2 atom stereocenters. The molecule has 0 spiro atoms. The van der Waals surface area contributed by atoms with Crippen LogP contribution in [0.2, 0.25) is 0 Å². The lowest BCUT2D eigenvalue weighted by molar-refractivity contribution is -0.0123. The van der Waals surface area contributed by atoms with Crippen LogP contribution in [-0.4, -0.2) is 46.5 Å².